The quantitative estimate of drug-likeness (QED) is 0.628. The Bertz CT molecular complexity index is 217. The monoisotopic (exact) mass is 179 g/mol. The van der Waals surface area contributed by atoms with Gasteiger partial charge in [0.1, 0.15) is 0 Å². The molecule has 1 atom stereocenters. The van der Waals surface area contributed by atoms with E-state index in [2.05, 4.69) is 18.7 Å². The molecule has 0 radical (unpaired) electrons. The van der Waals surface area contributed by atoms with E-state index in [1.807, 2.05) is 0 Å². The van der Waals surface area contributed by atoms with Gasteiger partial charge in [-0.1, -0.05) is 13.3 Å². The number of hydrogen-bond acceptors (Lipinski definition) is 1. The van der Waals surface area contributed by atoms with Crippen LogP contribution >= 0.6 is 0 Å². The molecule has 1 fully saturated rings. The topological polar surface area (TPSA) is 3.24 Å². The third kappa shape index (κ3) is 1.61. The van der Waals surface area contributed by atoms with E-state index >= 15 is 0 Å². The summed E-state index contributed by atoms with van der Waals surface area (Å²) in [7, 11) is 0. The number of nitrogens with zero attached hydrogens (tertiary/aromatic N) is 1. The van der Waals surface area contributed by atoms with Crippen molar-refractivity contribution >= 4 is 0 Å². The van der Waals surface area contributed by atoms with Gasteiger partial charge >= 0.3 is 0 Å². The summed E-state index contributed by atoms with van der Waals surface area (Å²) in [5.74, 6) is 0. The molecule has 1 nitrogen and oxygen atoms in total. The van der Waals surface area contributed by atoms with Crippen molar-refractivity contribution in [3.8, 4) is 0 Å². The molecule has 13 heavy (non-hydrogen) atoms. The van der Waals surface area contributed by atoms with E-state index in [-0.39, 0.29) is 0 Å². The fraction of sp³-hybridized carbons (Fsp3) is 0.833. The second-order valence-corrected chi connectivity index (χ2v) is 4.49. The summed E-state index contributed by atoms with van der Waals surface area (Å²) in [6.45, 7) is 5.94. The minimum absolute atomic E-state index is 0.885. The van der Waals surface area contributed by atoms with Gasteiger partial charge in [0.25, 0.3) is 0 Å². The molecule has 74 valence electrons. The lowest BCUT2D eigenvalue weighted by atomic mass is 9.99. The van der Waals surface area contributed by atoms with E-state index in [9.17, 15) is 0 Å². The Hall–Kier alpha value is -0.460. The molecule has 2 heterocycles. The van der Waals surface area contributed by atoms with Gasteiger partial charge in [-0.25, -0.2) is 0 Å². The van der Waals surface area contributed by atoms with Crippen LogP contribution in [0.5, 0.6) is 0 Å². The Kier molecular flexibility index (Phi) is 2.61. The second-order valence-electron chi connectivity index (χ2n) is 4.49. The van der Waals surface area contributed by atoms with E-state index in [1.54, 1.807) is 11.3 Å². The van der Waals surface area contributed by atoms with E-state index in [4.69, 9.17) is 0 Å². The fourth-order valence-electron chi connectivity index (χ4n) is 2.87. The molecule has 2 aliphatic rings. The van der Waals surface area contributed by atoms with Gasteiger partial charge in [-0.05, 0) is 44.6 Å². The van der Waals surface area contributed by atoms with Gasteiger partial charge in [0, 0.05) is 18.3 Å². The lowest BCUT2D eigenvalue weighted by molar-refractivity contribution is 0.217. The largest absolute Gasteiger partial charge is 0.372 e. The van der Waals surface area contributed by atoms with Crippen molar-refractivity contribution in [2.75, 3.05) is 6.54 Å². The highest BCUT2D eigenvalue weighted by molar-refractivity contribution is 5.20. The number of hydrogen-bond donors (Lipinski definition) is 0. The van der Waals surface area contributed by atoms with Crippen molar-refractivity contribution in [2.24, 2.45) is 0 Å². The van der Waals surface area contributed by atoms with Crippen LogP contribution in [-0.2, 0) is 0 Å². The maximum atomic E-state index is 2.66. The van der Waals surface area contributed by atoms with E-state index in [1.165, 1.54) is 45.1 Å². The van der Waals surface area contributed by atoms with Crippen LogP contribution in [0.2, 0.25) is 0 Å². The molecule has 2 aliphatic heterocycles. The van der Waals surface area contributed by atoms with Crippen LogP contribution in [0, 0.1) is 0 Å². The molecular weight excluding hydrogens is 158 g/mol. The first-order chi connectivity index (χ1) is 6.33. The predicted octanol–water partition coefficient (Wildman–Crippen LogP) is 3.32. The first-order valence-electron chi connectivity index (χ1n) is 5.78. The van der Waals surface area contributed by atoms with Crippen LogP contribution in [0.3, 0.4) is 0 Å². The first-order valence-corrected chi connectivity index (χ1v) is 5.78. The van der Waals surface area contributed by atoms with Gasteiger partial charge in [-0.2, -0.15) is 0 Å². The smallest absolute Gasteiger partial charge is 0.0324 e. The Morgan fingerprint density at radius 1 is 1.38 bits per heavy atom. The maximum Gasteiger partial charge on any atom is 0.0324 e. The zero-order valence-corrected chi connectivity index (χ0v) is 8.97. The third-order valence-electron chi connectivity index (χ3n) is 3.60. The second kappa shape index (κ2) is 3.73. The normalized spacial score (nSPS) is 28.2. The lowest BCUT2D eigenvalue weighted by Gasteiger charge is -2.32. The summed E-state index contributed by atoms with van der Waals surface area (Å²) >= 11 is 0. The van der Waals surface area contributed by atoms with Gasteiger partial charge < -0.3 is 4.90 Å². The highest BCUT2D eigenvalue weighted by Crippen LogP contribution is 2.36. The highest BCUT2D eigenvalue weighted by Gasteiger charge is 2.30. The van der Waals surface area contributed by atoms with Gasteiger partial charge in [0.2, 0.25) is 0 Å². The Balaban J connectivity index is 2.07. The summed E-state index contributed by atoms with van der Waals surface area (Å²) in [5, 5.41) is 0. The zero-order valence-electron chi connectivity index (χ0n) is 8.97. The molecule has 1 heteroatoms. The number of allylic oxidation sites excluding steroid dienone is 1. The van der Waals surface area contributed by atoms with Crippen LogP contribution < -0.4 is 0 Å². The lowest BCUT2D eigenvalue weighted by Crippen LogP contribution is -2.33. The number of rotatable bonds is 2. The predicted molar refractivity (Wildman–Crippen MR) is 56.6 cm³/mol. The van der Waals surface area contributed by atoms with Crippen molar-refractivity contribution in [1.82, 2.24) is 4.90 Å². The molecule has 1 unspecified atom stereocenters. The minimum atomic E-state index is 0.885. The molecule has 0 spiro atoms. The summed E-state index contributed by atoms with van der Waals surface area (Å²) in [6, 6.07) is 0.885. The summed E-state index contributed by atoms with van der Waals surface area (Å²) in [6.07, 6.45) is 8.32. The Morgan fingerprint density at radius 3 is 2.92 bits per heavy atom. The van der Waals surface area contributed by atoms with E-state index in [0.717, 1.165) is 6.04 Å². The average molecular weight is 179 g/mol. The van der Waals surface area contributed by atoms with Crippen LogP contribution in [0.15, 0.2) is 11.3 Å². The van der Waals surface area contributed by atoms with Crippen molar-refractivity contribution < 1.29 is 0 Å². The van der Waals surface area contributed by atoms with Crippen molar-refractivity contribution in [3.63, 3.8) is 0 Å². The first kappa shape index (κ1) is 9.11. The van der Waals surface area contributed by atoms with E-state index < -0.39 is 0 Å². The minimum Gasteiger partial charge on any atom is -0.372 e. The molecule has 0 amide bonds. The third-order valence-corrected chi connectivity index (χ3v) is 3.60. The molecule has 2 rings (SSSR count). The van der Waals surface area contributed by atoms with Crippen molar-refractivity contribution in [3.05, 3.63) is 11.3 Å². The summed E-state index contributed by atoms with van der Waals surface area (Å²) < 4.78 is 0. The maximum absolute atomic E-state index is 2.66. The fourth-order valence-corrected chi connectivity index (χ4v) is 2.87. The molecule has 0 aromatic rings. The molecule has 0 aromatic heterocycles. The van der Waals surface area contributed by atoms with Crippen LogP contribution in [0.4, 0.5) is 0 Å². The number of piperidine rings is 1. The molecule has 0 aliphatic carbocycles. The van der Waals surface area contributed by atoms with Gasteiger partial charge in [0.15, 0.2) is 0 Å². The molecular formula is C12H21N. The molecule has 0 N–H and O–H groups in total. The standard InChI is InChI=1S/C12H21N/c1-3-6-11-9-12-7-4-5-8-13(12)10(11)2/h12H,3-9H2,1-2H3. The summed E-state index contributed by atoms with van der Waals surface area (Å²) in [5.41, 5.74) is 3.36. The van der Waals surface area contributed by atoms with Crippen molar-refractivity contribution in [1.29, 1.82) is 0 Å². The molecule has 0 bridgehead atoms. The molecule has 1 saturated heterocycles. The van der Waals surface area contributed by atoms with Crippen molar-refractivity contribution in [2.45, 2.75) is 58.4 Å². The van der Waals surface area contributed by atoms with Crippen LogP contribution in [0.1, 0.15) is 52.4 Å². The van der Waals surface area contributed by atoms with Gasteiger partial charge in [-0.3, -0.25) is 0 Å². The van der Waals surface area contributed by atoms with Gasteiger partial charge in [0.05, 0.1) is 0 Å². The Labute approximate surface area is 81.8 Å². The summed E-state index contributed by atoms with van der Waals surface area (Å²) in [4.78, 5) is 2.66. The van der Waals surface area contributed by atoms with Crippen LogP contribution in [0.25, 0.3) is 0 Å². The highest BCUT2D eigenvalue weighted by atomic mass is 15.2. The SMILES string of the molecule is CCCC1=C(C)N2CCCCC2C1. The molecule has 0 saturated carbocycles. The zero-order chi connectivity index (χ0) is 9.26. The number of fused-ring (bicyclic) bond motifs is 1. The van der Waals surface area contributed by atoms with E-state index in [0.29, 0.717) is 0 Å². The van der Waals surface area contributed by atoms with Gasteiger partial charge in [-0.15, -0.1) is 0 Å². The van der Waals surface area contributed by atoms with Crippen LogP contribution in [-0.4, -0.2) is 17.5 Å². The Morgan fingerprint density at radius 2 is 2.23 bits per heavy atom. The molecule has 0 aromatic carbocycles. The average Bonchev–Trinajstić information content (AvgIpc) is 2.46.